The first-order valence-corrected chi connectivity index (χ1v) is 10.6. The van der Waals surface area contributed by atoms with E-state index in [9.17, 15) is 0 Å². The highest BCUT2D eigenvalue weighted by molar-refractivity contribution is 6.08. The zero-order valence-electron chi connectivity index (χ0n) is 17.7. The third kappa shape index (κ3) is 3.22. The molecule has 2 aromatic carbocycles. The van der Waals surface area contributed by atoms with Crippen molar-refractivity contribution in [2.75, 3.05) is 36.0 Å². The number of nitrogens with zero attached hydrogens (tertiary/aromatic N) is 4. The van der Waals surface area contributed by atoms with Crippen LogP contribution in [0.4, 0.5) is 11.5 Å². The van der Waals surface area contributed by atoms with Crippen LogP contribution in [0.5, 0.6) is 5.75 Å². The summed E-state index contributed by atoms with van der Waals surface area (Å²) in [5.41, 5.74) is 5.59. The average Bonchev–Trinajstić information content (AvgIpc) is 3.12. The number of piperazine rings is 1. The van der Waals surface area contributed by atoms with Gasteiger partial charge in [-0.1, -0.05) is 12.1 Å². The molecule has 0 radical (unpaired) electrons. The Morgan fingerprint density at radius 1 is 1.13 bits per heavy atom. The zero-order chi connectivity index (χ0) is 20.7. The second-order valence-electron chi connectivity index (χ2n) is 8.01. The zero-order valence-corrected chi connectivity index (χ0v) is 17.7. The molecule has 2 aromatic heterocycles. The van der Waals surface area contributed by atoms with Crippen LogP contribution in [0.2, 0.25) is 0 Å². The van der Waals surface area contributed by atoms with Crippen molar-refractivity contribution in [2.45, 2.75) is 26.8 Å². The minimum atomic E-state index is 0.388. The number of rotatable bonds is 4. The Labute approximate surface area is 176 Å². The molecule has 1 N–H and O–H groups in total. The lowest BCUT2D eigenvalue weighted by Crippen LogP contribution is -2.52. The first-order chi connectivity index (χ1) is 14.6. The van der Waals surface area contributed by atoms with Crippen LogP contribution in [0.3, 0.4) is 0 Å². The monoisotopic (exact) mass is 401 g/mol. The third-order valence-corrected chi connectivity index (χ3v) is 5.90. The number of hydrogen-bond acceptors (Lipinski definition) is 5. The van der Waals surface area contributed by atoms with Crippen LogP contribution < -0.4 is 14.5 Å². The second-order valence-corrected chi connectivity index (χ2v) is 8.01. The summed E-state index contributed by atoms with van der Waals surface area (Å²) < 4.78 is 5.68. The molecule has 6 nitrogen and oxygen atoms in total. The molecule has 1 unspecified atom stereocenters. The van der Waals surface area contributed by atoms with Crippen LogP contribution in [0, 0.1) is 6.92 Å². The van der Waals surface area contributed by atoms with Gasteiger partial charge in [-0.2, -0.15) is 0 Å². The van der Waals surface area contributed by atoms with E-state index in [0.29, 0.717) is 12.6 Å². The summed E-state index contributed by atoms with van der Waals surface area (Å²) >= 11 is 0. The summed E-state index contributed by atoms with van der Waals surface area (Å²) in [6, 6.07) is 15.3. The molecule has 5 rings (SSSR count). The van der Waals surface area contributed by atoms with Crippen molar-refractivity contribution >= 4 is 33.4 Å². The normalized spacial score (nSPS) is 17.1. The maximum absolute atomic E-state index is 5.68. The fourth-order valence-electron chi connectivity index (χ4n) is 4.49. The van der Waals surface area contributed by atoms with Gasteiger partial charge >= 0.3 is 0 Å². The number of nitrogens with one attached hydrogen (secondary N) is 1. The molecule has 0 saturated carbocycles. The Bertz CT molecular complexity index is 1200. The molecule has 0 aliphatic carbocycles. The fraction of sp³-hybridized carbons (Fsp3) is 0.333. The third-order valence-electron chi connectivity index (χ3n) is 5.90. The van der Waals surface area contributed by atoms with Crippen molar-refractivity contribution in [1.29, 1.82) is 0 Å². The molecule has 0 bridgehead atoms. The van der Waals surface area contributed by atoms with Crippen LogP contribution >= 0.6 is 0 Å². The molecule has 1 atom stereocenters. The van der Waals surface area contributed by atoms with Gasteiger partial charge in [0.2, 0.25) is 0 Å². The van der Waals surface area contributed by atoms with Crippen molar-refractivity contribution in [3.05, 3.63) is 54.4 Å². The Morgan fingerprint density at radius 2 is 2.03 bits per heavy atom. The van der Waals surface area contributed by atoms with Gasteiger partial charge in [0.25, 0.3) is 0 Å². The topological polar surface area (TPSA) is 57.3 Å². The van der Waals surface area contributed by atoms with E-state index in [1.165, 1.54) is 11.3 Å². The highest BCUT2D eigenvalue weighted by Gasteiger charge is 2.26. The molecule has 1 aliphatic heterocycles. The quantitative estimate of drug-likeness (QED) is 0.544. The summed E-state index contributed by atoms with van der Waals surface area (Å²) in [7, 11) is 0. The Balaban J connectivity index is 1.47. The van der Waals surface area contributed by atoms with E-state index < -0.39 is 0 Å². The van der Waals surface area contributed by atoms with E-state index in [0.717, 1.165) is 53.1 Å². The fourth-order valence-corrected chi connectivity index (χ4v) is 4.49. The lowest BCUT2D eigenvalue weighted by Gasteiger charge is -2.42. The SMILES string of the molecule is CCOc1ccc2[nH]c3c(N4CCN(c5cccc(C)c5)C(C)C4)ncnc3c2c1. The van der Waals surface area contributed by atoms with Crippen LogP contribution in [0.1, 0.15) is 19.4 Å². The number of ether oxygens (including phenoxy) is 1. The van der Waals surface area contributed by atoms with E-state index in [2.05, 4.69) is 75.0 Å². The molecule has 0 amide bonds. The summed E-state index contributed by atoms with van der Waals surface area (Å²) in [6.45, 7) is 9.88. The first kappa shape index (κ1) is 18.7. The highest BCUT2D eigenvalue weighted by Crippen LogP contribution is 2.33. The number of benzene rings is 2. The Morgan fingerprint density at radius 3 is 2.83 bits per heavy atom. The van der Waals surface area contributed by atoms with Gasteiger partial charge in [0, 0.05) is 42.3 Å². The predicted octanol–water partition coefficient (Wildman–Crippen LogP) is 4.53. The number of aryl methyl sites for hydroxylation is 1. The van der Waals surface area contributed by atoms with Gasteiger partial charge in [0.05, 0.1) is 6.61 Å². The Kier molecular flexibility index (Phi) is 4.69. The number of fused-ring (bicyclic) bond motifs is 3. The summed E-state index contributed by atoms with van der Waals surface area (Å²) in [5, 5.41) is 1.08. The van der Waals surface area contributed by atoms with Gasteiger partial charge in [-0.05, 0) is 56.7 Å². The number of aromatic amines is 1. The van der Waals surface area contributed by atoms with Gasteiger partial charge in [-0.15, -0.1) is 0 Å². The molecule has 30 heavy (non-hydrogen) atoms. The summed E-state index contributed by atoms with van der Waals surface area (Å²) in [4.78, 5) is 17.7. The predicted molar refractivity (Wildman–Crippen MR) is 123 cm³/mol. The van der Waals surface area contributed by atoms with Crippen LogP contribution in [0.25, 0.3) is 21.9 Å². The van der Waals surface area contributed by atoms with E-state index in [1.54, 1.807) is 6.33 Å². The molecule has 0 spiro atoms. The molecule has 6 heteroatoms. The van der Waals surface area contributed by atoms with Gasteiger partial charge in [0.1, 0.15) is 23.1 Å². The minimum absolute atomic E-state index is 0.388. The lowest BCUT2D eigenvalue weighted by atomic mass is 10.1. The molecule has 1 saturated heterocycles. The number of aromatic nitrogens is 3. The van der Waals surface area contributed by atoms with E-state index in [1.807, 2.05) is 13.0 Å². The van der Waals surface area contributed by atoms with Crippen LogP contribution in [0.15, 0.2) is 48.8 Å². The smallest absolute Gasteiger partial charge is 0.156 e. The summed E-state index contributed by atoms with van der Waals surface area (Å²) in [6.07, 6.45) is 1.68. The largest absolute Gasteiger partial charge is 0.494 e. The maximum Gasteiger partial charge on any atom is 0.156 e. The van der Waals surface area contributed by atoms with Crippen LogP contribution in [-0.4, -0.2) is 47.2 Å². The van der Waals surface area contributed by atoms with Gasteiger partial charge in [0.15, 0.2) is 5.82 Å². The first-order valence-electron chi connectivity index (χ1n) is 10.6. The van der Waals surface area contributed by atoms with Crippen LogP contribution in [-0.2, 0) is 0 Å². The van der Waals surface area contributed by atoms with E-state index >= 15 is 0 Å². The van der Waals surface area contributed by atoms with Crippen molar-refractivity contribution < 1.29 is 4.74 Å². The molecule has 4 aromatic rings. The standard InChI is InChI=1S/C24H27N5O/c1-4-30-19-8-9-21-20(13-19)22-23(27-21)24(26-15-25-22)28-10-11-29(17(3)14-28)18-7-5-6-16(2)12-18/h5-9,12-13,15,17,27H,4,10-11,14H2,1-3H3. The molecule has 154 valence electrons. The van der Waals surface area contributed by atoms with Gasteiger partial charge < -0.3 is 19.5 Å². The van der Waals surface area contributed by atoms with Crippen molar-refractivity contribution in [3.8, 4) is 5.75 Å². The Hall–Kier alpha value is -3.28. The number of anilines is 2. The number of H-pyrrole nitrogens is 1. The molecule has 1 fully saturated rings. The van der Waals surface area contributed by atoms with Crippen molar-refractivity contribution in [1.82, 2.24) is 15.0 Å². The molecule has 1 aliphatic rings. The van der Waals surface area contributed by atoms with E-state index in [4.69, 9.17) is 4.74 Å². The summed E-state index contributed by atoms with van der Waals surface area (Å²) in [5.74, 6) is 1.84. The van der Waals surface area contributed by atoms with Gasteiger partial charge in [-0.3, -0.25) is 0 Å². The van der Waals surface area contributed by atoms with Crippen molar-refractivity contribution in [2.24, 2.45) is 0 Å². The van der Waals surface area contributed by atoms with Crippen molar-refractivity contribution in [3.63, 3.8) is 0 Å². The second kappa shape index (κ2) is 7.52. The number of hydrogen-bond donors (Lipinski definition) is 1. The molecular weight excluding hydrogens is 374 g/mol. The minimum Gasteiger partial charge on any atom is -0.494 e. The lowest BCUT2D eigenvalue weighted by molar-refractivity contribution is 0.341. The maximum atomic E-state index is 5.68. The average molecular weight is 402 g/mol. The molecule has 3 heterocycles. The highest BCUT2D eigenvalue weighted by atomic mass is 16.5. The molecular formula is C24H27N5O. The van der Waals surface area contributed by atoms with E-state index in [-0.39, 0.29) is 0 Å². The van der Waals surface area contributed by atoms with Gasteiger partial charge in [-0.25, -0.2) is 9.97 Å².